The predicted octanol–water partition coefficient (Wildman–Crippen LogP) is -0.0127. The van der Waals surface area contributed by atoms with Crippen molar-refractivity contribution in [2.75, 3.05) is 72.0 Å². The molecular formula is C22H42N4O8. The Morgan fingerprint density at radius 2 is 0.971 bits per heavy atom. The summed E-state index contributed by atoms with van der Waals surface area (Å²) in [6.07, 6.45) is 2.13. The van der Waals surface area contributed by atoms with Gasteiger partial charge in [0, 0.05) is 58.4 Å². The van der Waals surface area contributed by atoms with Gasteiger partial charge in [0.2, 0.25) is 0 Å². The van der Waals surface area contributed by atoms with Crippen LogP contribution < -0.4 is 0 Å². The summed E-state index contributed by atoms with van der Waals surface area (Å²) in [6, 6.07) is 0.312. The first-order valence-electron chi connectivity index (χ1n) is 11.6. The van der Waals surface area contributed by atoms with Gasteiger partial charge in [0.25, 0.3) is 6.47 Å². The van der Waals surface area contributed by atoms with Crippen LogP contribution in [0.5, 0.6) is 0 Å². The molecule has 0 saturated carbocycles. The Bertz CT molecular complexity index is 588. The van der Waals surface area contributed by atoms with Crippen LogP contribution in [-0.2, 0) is 19.2 Å². The monoisotopic (exact) mass is 490 g/mol. The second-order valence-electron chi connectivity index (χ2n) is 8.97. The van der Waals surface area contributed by atoms with E-state index in [-0.39, 0.29) is 26.1 Å². The number of aliphatic carboxylic acids is 3. The number of nitrogens with zero attached hydrogens (tertiary/aromatic N) is 4. The maximum atomic E-state index is 11.3. The van der Waals surface area contributed by atoms with Crippen LogP contribution in [-0.4, -0.2) is 142 Å². The third-order valence-electron chi connectivity index (χ3n) is 5.73. The van der Waals surface area contributed by atoms with E-state index in [1.807, 2.05) is 9.80 Å². The third kappa shape index (κ3) is 16.4. The van der Waals surface area contributed by atoms with Crippen molar-refractivity contribution < 1.29 is 39.6 Å². The molecule has 1 heterocycles. The van der Waals surface area contributed by atoms with Gasteiger partial charge in [0.15, 0.2) is 0 Å². The fraction of sp³-hybridized carbons (Fsp3) is 0.818. The van der Waals surface area contributed by atoms with Gasteiger partial charge in [-0.15, -0.1) is 0 Å². The van der Waals surface area contributed by atoms with Crippen molar-refractivity contribution in [2.45, 2.75) is 39.7 Å². The Morgan fingerprint density at radius 3 is 1.24 bits per heavy atom. The molecular weight excluding hydrogens is 448 g/mol. The van der Waals surface area contributed by atoms with Crippen LogP contribution in [0.4, 0.5) is 0 Å². The van der Waals surface area contributed by atoms with Gasteiger partial charge < -0.3 is 20.4 Å². The number of hydrogen-bond donors (Lipinski definition) is 4. The quantitative estimate of drug-likeness (QED) is 0.303. The number of carboxylic acid groups (broad SMARTS) is 4. The molecule has 1 rings (SSSR count). The Hall–Kier alpha value is -2.28. The average Bonchev–Trinajstić information content (AvgIpc) is 2.71. The molecule has 0 aromatic carbocycles. The molecule has 34 heavy (non-hydrogen) atoms. The highest BCUT2D eigenvalue weighted by Crippen LogP contribution is 2.13. The molecule has 4 N–H and O–H groups in total. The van der Waals surface area contributed by atoms with Crippen LogP contribution in [0.3, 0.4) is 0 Å². The van der Waals surface area contributed by atoms with Crippen molar-refractivity contribution in [2.24, 2.45) is 5.92 Å². The van der Waals surface area contributed by atoms with Gasteiger partial charge >= 0.3 is 17.9 Å². The Balaban J connectivity index is 0.00000343. The van der Waals surface area contributed by atoms with Crippen molar-refractivity contribution in [1.82, 2.24) is 19.6 Å². The van der Waals surface area contributed by atoms with Gasteiger partial charge in [-0.2, -0.15) is 0 Å². The molecule has 12 nitrogen and oxygen atoms in total. The summed E-state index contributed by atoms with van der Waals surface area (Å²) in [5.74, 6) is -2.15. The normalized spacial score (nSPS) is 18.7. The number of carboxylic acids is 3. The number of carbonyl (C=O) groups is 4. The third-order valence-corrected chi connectivity index (χ3v) is 5.73. The van der Waals surface area contributed by atoms with Crippen molar-refractivity contribution in [3.8, 4) is 0 Å². The first-order chi connectivity index (χ1) is 16.0. The molecule has 1 saturated heterocycles. The summed E-state index contributed by atoms with van der Waals surface area (Å²) in [5, 5.41) is 34.6. The molecule has 198 valence electrons. The fourth-order valence-electron chi connectivity index (χ4n) is 3.80. The highest BCUT2D eigenvalue weighted by atomic mass is 16.4. The summed E-state index contributed by atoms with van der Waals surface area (Å²) in [6.45, 7) is 10.2. The van der Waals surface area contributed by atoms with Crippen molar-refractivity contribution >= 4 is 24.4 Å². The maximum absolute atomic E-state index is 11.3. The minimum Gasteiger partial charge on any atom is -0.483 e. The predicted molar refractivity (Wildman–Crippen MR) is 126 cm³/mol. The van der Waals surface area contributed by atoms with Gasteiger partial charge in [-0.1, -0.05) is 13.8 Å². The summed E-state index contributed by atoms with van der Waals surface area (Å²) in [7, 11) is 0. The lowest BCUT2D eigenvalue weighted by Gasteiger charge is -2.35. The summed E-state index contributed by atoms with van der Waals surface area (Å²) < 4.78 is 0. The van der Waals surface area contributed by atoms with E-state index in [1.165, 1.54) is 0 Å². The minimum atomic E-state index is -0.952. The largest absolute Gasteiger partial charge is 0.483 e. The molecule has 1 aliphatic heterocycles. The van der Waals surface area contributed by atoms with Crippen LogP contribution >= 0.6 is 0 Å². The maximum Gasteiger partial charge on any atom is 0.317 e. The molecule has 0 aromatic rings. The molecule has 1 fully saturated rings. The number of rotatable bonds is 10. The topological polar surface area (TPSA) is 162 Å². The van der Waals surface area contributed by atoms with Gasteiger partial charge in [0.1, 0.15) is 0 Å². The Labute approximate surface area is 201 Å². The Morgan fingerprint density at radius 1 is 0.676 bits per heavy atom. The zero-order valence-corrected chi connectivity index (χ0v) is 20.6. The molecule has 12 heteroatoms. The lowest BCUT2D eigenvalue weighted by Crippen LogP contribution is -2.49. The minimum absolute atomic E-state index is 0.0831. The van der Waals surface area contributed by atoms with Crippen LogP contribution in [0.15, 0.2) is 0 Å². The fourth-order valence-corrected chi connectivity index (χ4v) is 3.80. The zero-order chi connectivity index (χ0) is 26.1. The molecule has 1 aliphatic rings. The van der Waals surface area contributed by atoms with Crippen LogP contribution in [0, 0.1) is 5.92 Å². The van der Waals surface area contributed by atoms with Crippen LogP contribution in [0.25, 0.3) is 0 Å². The van der Waals surface area contributed by atoms with Gasteiger partial charge in [-0.3, -0.25) is 38.8 Å². The smallest absolute Gasteiger partial charge is 0.317 e. The molecule has 0 bridgehead atoms. The van der Waals surface area contributed by atoms with E-state index in [1.54, 1.807) is 4.90 Å². The van der Waals surface area contributed by atoms with Gasteiger partial charge in [-0.05, 0) is 25.7 Å². The lowest BCUT2D eigenvalue weighted by atomic mass is 10.0. The van der Waals surface area contributed by atoms with Gasteiger partial charge in [0.05, 0.1) is 19.6 Å². The molecule has 0 aliphatic carbocycles. The van der Waals surface area contributed by atoms with E-state index in [0.717, 1.165) is 12.8 Å². The standard InChI is InChI=1S/C21H40N4O6.CH2O2/c1-17(2)4-5-18(3)25-12-10-23(15-20(28)29)8-6-22(14-19(26)27)7-9-24(11-13-25)16-21(30)31;2-1-3/h17-18H,4-16H2,1-3H3,(H,26,27)(H,28,29)(H,30,31);1H,(H,2,3)/t18-;/m0./s1. The highest BCUT2D eigenvalue weighted by Gasteiger charge is 2.22. The molecule has 1 atom stereocenters. The highest BCUT2D eigenvalue weighted by molar-refractivity contribution is 5.69. The molecule has 0 amide bonds. The van der Waals surface area contributed by atoms with E-state index < -0.39 is 17.9 Å². The SMILES string of the molecule is CC(C)CC[C@H](C)N1CCN(CC(=O)O)CCN(CC(=O)O)CCN(CC(=O)O)CC1.O=CO. The van der Waals surface area contributed by atoms with E-state index in [4.69, 9.17) is 9.90 Å². The average molecular weight is 491 g/mol. The van der Waals surface area contributed by atoms with E-state index >= 15 is 0 Å². The van der Waals surface area contributed by atoms with E-state index in [2.05, 4.69) is 25.7 Å². The first-order valence-corrected chi connectivity index (χ1v) is 11.6. The zero-order valence-electron chi connectivity index (χ0n) is 20.6. The van der Waals surface area contributed by atoms with Crippen LogP contribution in [0.2, 0.25) is 0 Å². The Kier molecular flexibility index (Phi) is 16.9. The van der Waals surface area contributed by atoms with Gasteiger partial charge in [-0.25, -0.2) is 0 Å². The second-order valence-corrected chi connectivity index (χ2v) is 8.97. The molecule has 0 unspecified atom stereocenters. The van der Waals surface area contributed by atoms with Crippen molar-refractivity contribution in [3.63, 3.8) is 0 Å². The van der Waals surface area contributed by atoms with Crippen LogP contribution in [0.1, 0.15) is 33.6 Å². The van der Waals surface area contributed by atoms with Crippen molar-refractivity contribution in [1.29, 1.82) is 0 Å². The summed E-state index contributed by atoms with van der Waals surface area (Å²) in [5.41, 5.74) is 0. The summed E-state index contributed by atoms with van der Waals surface area (Å²) in [4.78, 5) is 50.0. The molecule has 0 aromatic heterocycles. The lowest BCUT2D eigenvalue weighted by molar-refractivity contribution is -0.140. The number of hydrogen-bond acceptors (Lipinski definition) is 8. The second kappa shape index (κ2) is 18.1. The summed E-state index contributed by atoms with van der Waals surface area (Å²) >= 11 is 0. The molecule has 0 radical (unpaired) electrons. The van der Waals surface area contributed by atoms with E-state index in [0.29, 0.717) is 64.3 Å². The van der Waals surface area contributed by atoms with Crippen molar-refractivity contribution in [3.05, 3.63) is 0 Å². The first kappa shape index (κ1) is 31.7. The van der Waals surface area contributed by atoms with E-state index in [9.17, 15) is 29.7 Å². The molecule has 0 spiro atoms.